The minimum Gasteiger partial charge on any atom is -0.361 e. The summed E-state index contributed by atoms with van der Waals surface area (Å²) in [7, 11) is 0. The highest BCUT2D eigenvalue weighted by molar-refractivity contribution is 5.78. The minimum atomic E-state index is -0.0417. The number of likely N-dealkylation sites (tertiary alicyclic amines) is 1. The Morgan fingerprint density at radius 2 is 2.32 bits per heavy atom. The molecule has 3 heterocycles. The van der Waals surface area contributed by atoms with Crippen LogP contribution in [0.2, 0.25) is 0 Å². The third kappa shape index (κ3) is 2.48. The molecule has 3 rings (SSSR count). The molecule has 1 saturated heterocycles. The summed E-state index contributed by atoms with van der Waals surface area (Å²) in [6, 6.07) is 1.83. The number of carbonyl (C=O) groups is 1. The van der Waals surface area contributed by atoms with Crippen LogP contribution in [0, 0.1) is 13.8 Å². The molecule has 0 radical (unpaired) electrons. The molecule has 22 heavy (non-hydrogen) atoms. The number of carbonyl (C=O) groups excluding carboxylic acids is 1. The first-order valence-electron chi connectivity index (χ1n) is 7.37. The second-order valence-electron chi connectivity index (χ2n) is 5.45. The third-order valence-electron chi connectivity index (χ3n) is 4.02. The van der Waals surface area contributed by atoms with E-state index in [0.717, 1.165) is 36.3 Å². The van der Waals surface area contributed by atoms with Crippen LogP contribution in [0.4, 0.5) is 0 Å². The van der Waals surface area contributed by atoms with Gasteiger partial charge in [-0.05, 0) is 32.8 Å². The van der Waals surface area contributed by atoms with Crippen LogP contribution in [0.1, 0.15) is 36.0 Å². The molecule has 2 aromatic rings. The number of rotatable bonds is 3. The zero-order chi connectivity index (χ0) is 15.7. The van der Waals surface area contributed by atoms with E-state index in [1.807, 2.05) is 19.9 Å². The van der Waals surface area contributed by atoms with Gasteiger partial charge in [-0.3, -0.25) is 4.79 Å². The Kier molecular flexibility index (Phi) is 3.89. The zero-order valence-electron chi connectivity index (χ0n) is 12.7. The molecule has 0 bridgehead atoms. The summed E-state index contributed by atoms with van der Waals surface area (Å²) < 4.78 is 5.18. The zero-order valence-corrected chi connectivity index (χ0v) is 12.7. The molecule has 1 atom stereocenters. The Bertz CT molecular complexity index is 677. The Morgan fingerprint density at radius 1 is 1.50 bits per heavy atom. The SMILES string of the molecule is Cc1noc(C)c1-c1nccc(C2CCCN2C(=O)CN)n1. The topological polar surface area (TPSA) is 98.1 Å². The van der Waals surface area contributed by atoms with E-state index in [-0.39, 0.29) is 18.5 Å². The molecule has 1 fully saturated rings. The molecule has 0 aliphatic carbocycles. The quantitative estimate of drug-likeness (QED) is 0.919. The molecule has 1 aliphatic rings. The number of hydrogen-bond donors (Lipinski definition) is 1. The Morgan fingerprint density at radius 3 is 3.00 bits per heavy atom. The molecular weight excluding hydrogens is 282 g/mol. The number of amides is 1. The first-order valence-corrected chi connectivity index (χ1v) is 7.37. The Labute approximate surface area is 128 Å². The van der Waals surface area contributed by atoms with Gasteiger partial charge in [0.15, 0.2) is 5.82 Å². The van der Waals surface area contributed by atoms with Crippen molar-refractivity contribution in [3.05, 3.63) is 29.4 Å². The summed E-state index contributed by atoms with van der Waals surface area (Å²) in [5.41, 5.74) is 7.91. The van der Waals surface area contributed by atoms with E-state index >= 15 is 0 Å². The van der Waals surface area contributed by atoms with Crippen LogP contribution in [0.15, 0.2) is 16.8 Å². The van der Waals surface area contributed by atoms with E-state index in [4.69, 9.17) is 10.3 Å². The van der Waals surface area contributed by atoms with Gasteiger partial charge in [0.2, 0.25) is 5.91 Å². The summed E-state index contributed by atoms with van der Waals surface area (Å²) in [4.78, 5) is 22.7. The van der Waals surface area contributed by atoms with Gasteiger partial charge in [-0.1, -0.05) is 5.16 Å². The summed E-state index contributed by atoms with van der Waals surface area (Å²) in [6.07, 6.45) is 3.57. The highest BCUT2D eigenvalue weighted by Crippen LogP contribution is 2.32. The van der Waals surface area contributed by atoms with Gasteiger partial charge in [0, 0.05) is 12.7 Å². The largest absolute Gasteiger partial charge is 0.361 e. The second-order valence-corrected chi connectivity index (χ2v) is 5.45. The summed E-state index contributed by atoms with van der Waals surface area (Å²) in [6.45, 7) is 4.45. The van der Waals surface area contributed by atoms with Crippen molar-refractivity contribution in [2.45, 2.75) is 32.7 Å². The fraction of sp³-hybridized carbons (Fsp3) is 0.467. The van der Waals surface area contributed by atoms with Crippen molar-refractivity contribution < 1.29 is 9.32 Å². The molecule has 0 spiro atoms. The maximum absolute atomic E-state index is 12.0. The van der Waals surface area contributed by atoms with Gasteiger partial charge >= 0.3 is 0 Å². The van der Waals surface area contributed by atoms with Crippen LogP contribution in [0.5, 0.6) is 0 Å². The number of aryl methyl sites for hydroxylation is 2. The van der Waals surface area contributed by atoms with Gasteiger partial charge in [0.1, 0.15) is 5.76 Å². The monoisotopic (exact) mass is 301 g/mol. The number of hydrogen-bond acceptors (Lipinski definition) is 6. The van der Waals surface area contributed by atoms with Crippen LogP contribution in [0.25, 0.3) is 11.4 Å². The van der Waals surface area contributed by atoms with E-state index < -0.39 is 0 Å². The lowest BCUT2D eigenvalue weighted by molar-refractivity contribution is -0.130. The average Bonchev–Trinajstić information content (AvgIpc) is 3.14. The molecule has 1 amide bonds. The highest BCUT2D eigenvalue weighted by atomic mass is 16.5. The summed E-state index contributed by atoms with van der Waals surface area (Å²) in [5, 5.41) is 3.94. The fourth-order valence-electron chi connectivity index (χ4n) is 2.97. The highest BCUT2D eigenvalue weighted by Gasteiger charge is 2.30. The lowest BCUT2D eigenvalue weighted by atomic mass is 10.1. The van der Waals surface area contributed by atoms with Gasteiger partial charge in [-0.15, -0.1) is 0 Å². The Balaban J connectivity index is 1.96. The van der Waals surface area contributed by atoms with Crippen LogP contribution in [-0.2, 0) is 4.79 Å². The van der Waals surface area contributed by atoms with E-state index in [9.17, 15) is 4.79 Å². The van der Waals surface area contributed by atoms with E-state index in [1.165, 1.54) is 0 Å². The predicted octanol–water partition coefficient (Wildman–Crippen LogP) is 1.37. The van der Waals surface area contributed by atoms with Crippen molar-refractivity contribution >= 4 is 5.91 Å². The third-order valence-corrected chi connectivity index (χ3v) is 4.02. The van der Waals surface area contributed by atoms with Gasteiger partial charge in [-0.2, -0.15) is 0 Å². The maximum atomic E-state index is 12.0. The van der Waals surface area contributed by atoms with Gasteiger partial charge < -0.3 is 15.2 Å². The van der Waals surface area contributed by atoms with Crippen molar-refractivity contribution in [3.63, 3.8) is 0 Å². The summed E-state index contributed by atoms with van der Waals surface area (Å²) >= 11 is 0. The molecule has 0 saturated carbocycles. The standard InChI is InChI=1S/C15H19N5O2/c1-9-14(10(2)22-19-9)15-17-6-5-11(18-15)12-4-3-7-20(12)13(21)8-16/h5-6,12H,3-4,7-8,16H2,1-2H3. The molecule has 2 N–H and O–H groups in total. The van der Waals surface area contributed by atoms with E-state index in [0.29, 0.717) is 11.6 Å². The van der Waals surface area contributed by atoms with Crippen molar-refractivity contribution in [2.24, 2.45) is 5.73 Å². The summed E-state index contributed by atoms with van der Waals surface area (Å²) in [5.74, 6) is 1.23. The average molecular weight is 301 g/mol. The van der Waals surface area contributed by atoms with Crippen LogP contribution in [-0.4, -0.2) is 39.0 Å². The molecule has 1 aliphatic heterocycles. The van der Waals surface area contributed by atoms with Crippen molar-refractivity contribution in [3.8, 4) is 11.4 Å². The number of aromatic nitrogens is 3. The van der Waals surface area contributed by atoms with Crippen molar-refractivity contribution in [2.75, 3.05) is 13.1 Å². The first-order chi connectivity index (χ1) is 10.6. The number of nitrogens with two attached hydrogens (primary N) is 1. The van der Waals surface area contributed by atoms with E-state index in [2.05, 4.69) is 15.1 Å². The molecule has 2 aromatic heterocycles. The van der Waals surface area contributed by atoms with Gasteiger partial charge in [0.25, 0.3) is 0 Å². The molecule has 7 nitrogen and oxygen atoms in total. The smallest absolute Gasteiger partial charge is 0.236 e. The van der Waals surface area contributed by atoms with E-state index in [1.54, 1.807) is 11.1 Å². The van der Waals surface area contributed by atoms with Crippen LogP contribution >= 0.6 is 0 Å². The Hall–Kier alpha value is -2.28. The molecule has 1 unspecified atom stereocenters. The van der Waals surface area contributed by atoms with Crippen molar-refractivity contribution in [1.82, 2.24) is 20.0 Å². The maximum Gasteiger partial charge on any atom is 0.236 e. The lowest BCUT2D eigenvalue weighted by Gasteiger charge is -2.23. The van der Waals surface area contributed by atoms with Crippen LogP contribution in [0.3, 0.4) is 0 Å². The van der Waals surface area contributed by atoms with Crippen molar-refractivity contribution in [1.29, 1.82) is 0 Å². The molecular formula is C15H19N5O2. The molecule has 7 heteroatoms. The predicted molar refractivity (Wildman–Crippen MR) is 79.7 cm³/mol. The van der Waals surface area contributed by atoms with Gasteiger partial charge in [0.05, 0.1) is 29.5 Å². The van der Waals surface area contributed by atoms with Crippen LogP contribution < -0.4 is 5.73 Å². The molecule has 0 aromatic carbocycles. The minimum absolute atomic E-state index is 0.0261. The fourth-order valence-corrected chi connectivity index (χ4v) is 2.97. The van der Waals surface area contributed by atoms with Gasteiger partial charge in [-0.25, -0.2) is 9.97 Å². The number of nitrogens with zero attached hydrogens (tertiary/aromatic N) is 4. The molecule has 116 valence electrons. The second kappa shape index (κ2) is 5.84. The lowest BCUT2D eigenvalue weighted by Crippen LogP contribution is -2.35. The first kappa shape index (κ1) is 14.6. The normalized spacial score (nSPS) is 18.0.